The highest BCUT2D eigenvalue weighted by molar-refractivity contribution is 5.78. The van der Waals surface area contributed by atoms with Gasteiger partial charge in [-0.2, -0.15) is 0 Å². The van der Waals surface area contributed by atoms with E-state index in [0.717, 1.165) is 31.1 Å². The van der Waals surface area contributed by atoms with Crippen LogP contribution < -0.4 is 9.64 Å². The van der Waals surface area contributed by atoms with Gasteiger partial charge in [-0.05, 0) is 25.0 Å². The fourth-order valence-corrected chi connectivity index (χ4v) is 3.47. The third kappa shape index (κ3) is 3.60. The minimum absolute atomic E-state index is 0.00631. The number of aromatic nitrogens is 2. The lowest BCUT2D eigenvalue weighted by molar-refractivity contribution is -0.129. The van der Waals surface area contributed by atoms with Crippen molar-refractivity contribution >= 4 is 11.7 Å². The van der Waals surface area contributed by atoms with Crippen molar-refractivity contribution in [2.45, 2.75) is 31.8 Å². The molecule has 0 radical (unpaired) electrons. The predicted octanol–water partition coefficient (Wildman–Crippen LogP) is 1.89. The maximum atomic E-state index is 12.4. The van der Waals surface area contributed by atoms with Crippen LogP contribution in [0.1, 0.15) is 25.0 Å². The topological polar surface area (TPSA) is 71.7 Å². The number of hydrogen-bond acceptors (Lipinski definition) is 6. The molecule has 0 bridgehead atoms. The van der Waals surface area contributed by atoms with E-state index in [9.17, 15) is 4.79 Å². The van der Waals surface area contributed by atoms with Gasteiger partial charge in [0.15, 0.2) is 11.6 Å². The number of pyridine rings is 1. The van der Waals surface area contributed by atoms with Crippen molar-refractivity contribution in [3.8, 4) is 5.75 Å². The lowest BCUT2D eigenvalue weighted by Crippen LogP contribution is -2.32. The molecule has 132 valence electrons. The van der Waals surface area contributed by atoms with Crippen LogP contribution in [0.3, 0.4) is 0 Å². The van der Waals surface area contributed by atoms with Crippen LogP contribution in [0.4, 0.5) is 5.82 Å². The van der Waals surface area contributed by atoms with Crippen LogP contribution in [0.2, 0.25) is 0 Å². The van der Waals surface area contributed by atoms with Gasteiger partial charge in [0.25, 0.3) is 0 Å². The predicted molar refractivity (Wildman–Crippen MR) is 91.5 cm³/mol. The van der Waals surface area contributed by atoms with Crippen LogP contribution in [0.5, 0.6) is 5.75 Å². The van der Waals surface area contributed by atoms with Crippen LogP contribution in [-0.2, 0) is 11.2 Å². The van der Waals surface area contributed by atoms with Gasteiger partial charge in [-0.3, -0.25) is 4.79 Å². The number of amides is 1. The van der Waals surface area contributed by atoms with Crippen LogP contribution in [0.25, 0.3) is 0 Å². The first kappa shape index (κ1) is 15.9. The molecule has 7 nitrogen and oxygen atoms in total. The van der Waals surface area contributed by atoms with Crippen LogP contribution in [0.15, 0.2) is 35.2 Å². The summed E-state index contributed by atoms with van der Waals surface area (Å²) in [5.41, 5.74) is 0.665. The molecule has 4 rings (SSSR count). The fourth-order valence-electron chi connectivity index (χ4n) is 3.47. The third-order valence-corrected chi connectivity index (χ3v) is 4.77. The van der Waals surface area contributed by atoms with Gasteiger partial charge in [-0.15, -0.1) is 0 Å². The molecule has 1 atom stereocenters. The molecule has 0 spiro atoms. The number of nitrogens with zero attached hydrogens (tertiary/aromatic N) is 4. The van der Waals surface area contributed by atoms with Gasteiger partial charge in [-0.25, -0.2) is 4.98 Å². The van der Waals surface area contributed by atoms with E-state index in [0.29, 0.717) is 18.8 Å². The smallest absolute Gasteiger partial charge is 0.228 e. The van der Waals surface area contributed by atoms with E-state index in [1.807, 2.05) is 23.2 Å². The number of carbonyl (C=O) groups is 1. The molecule has 2 aromatic rings. The molecule has 0 unspecified atom stereocenters. The molecule has 1 amide bonds. The molecular formula is C18H22N4O3. The first-order valence-corrected chi connectivity index (χ1v) is 8.83. The number of anilines is 1. The summed E-state index contributed by atoms with van der Waals surface area (Å²) in [7, 11) is 0. The second kappa shape index (κ2) is 7.13. The van der Waals surface area contributed by atoms with Crippen LogP contribution >= 0.6 is 0 Å². The highest BCUT2D eigenvalue weighted by Crippen LogP contribution is 2.30. The van der Waals surface area contributed by atoms with Gasteiger partial charge in [0, 0.05) is 38.3 Å². The number of ether oxygens (including phenoxy) is 1. The van der Waals surface area contributed by atoms with E-state index in [1.165, 1.54) is 19.1 Å². The lowest BCUT2D eigenvalue weighted by Gasteiger charge is -2.22. The number of rotatable bonds is 5. The summed E-state index contributed by atoms with van der Waals surface area (Å²) in [6.07, 6.45) is 6.80. The molecule has 2 aromatic heterocycles. The zero-order valence-electron chi connectivity index (χ0n) is 14.1. The normalized spacial score (nSPS) is 20.2. The van der Waals surface area contributed by atoms with Gasteiger partial charge in [0.1, 0.15) is 12.4 Å². The molecule has 2 fully saturated rings. The minimum Gasteiger partial charge on any atom is -0.485 e. The number of likely N-dealkylation sites (tertiary alicyclic amines) is 1. The summed E-state index contributed by atoms with van der Waals surface area (Å²) < 4.78 is 11.0. The summed E-state index contributed by atoms with van der Waals surface area (Å²) in [5, 5.41) is 3.80. The van der Waals surface area contributed by atoms with Crippen molar-refractivity contribution in [2.75, 3.05) is 31.1 Å². The third-order valence-electron chi connectivity index (χ3n) is 4.77. The van der Waals surface area contributed by atoms with E-state index in [1.54, 1.807) is 6.07 Å². The Morgan fingerprint density at radius 2 is 2.16 bits per heavy atom. The first-order valence-electron chi connectivity index (χ1n) is 8.83. The van der Waals surface area contributed by atoms with Crippen molar-refractivity contribution in [1.82, 2.24) is 15.0 Å². The Balaban J connectivity index is 1.37. The molecular weight excluding hydrogens is 320 g/mol. The van der Waals surface area contributed by atoms with E-state index < -0.39 is 0 Å². The standard InChI is InChI=1S/C18H22N4O3/c23-17(12-14-6-11-24-20-14)22-10-5-15(13-22)25-16-4-3-7-19-18(16)21-8-1-2-9-21/h3-4,6-7,11,15H,1-2,5,8-10,12-13H2/t15-/m1/s1. The fraction of sp³-hybridized carbons (Fsp3) is 0.500. The average molecular weight is 342 g/mol. The van der Waals surface area contributed by atoms with Gasteiger partial charge < -0.3 is 19.1 Å². The maximum Gasteiger partial charge on any atom is 0.228 e. The zero-order valence-corrected chi connectivity index (χ0v) is 14.1. The number of hydrogen-bond donors (Lipinski definition) is 0. The van der Waals surface area contributed by atoms with Crippen LogP contribution in [0, 0.1) is 0 Å². The first-order chi connectivity index (χ1) is 12.3. The Labute approximate surface area is 146 Å². The average Bonchev–Trinajstić information content (AvgIpc) is 3.38. The molecule has 2 aliphatic rings. The Bertz CT molecular complexity index is 713. The van der Waals surface area contributed by atoms with Crippen molar-refractivity contribution in [3.05, 3.63) is 36.4 Å². The van der Waals surface area contributed by atoms with Gasteiger partial charge in [0.2, 0.25) is 5.91 Å². The van der Waals surface area contributed by atoms with Crippen LogP contribution in [-0.4, -0.2) is 53.2 Å². The van der Waals surface area contributed by atoms with Gasteiger partial charge in [-0.1, -0.05) is 5.16 Å². The SMILES string of the molecule is O=C(Cc1ccon1)N1CC[C@@H](Oc2cccnc2N2CCCC2)C1. The summed E-state index contributed by atoms with van der Waals surface area (Å²) in [4.78, 5) is 21.0. The molecule has 0 N–H and O–H groups in total. The van der Waals surface area contributed by atoms with Crippen molar-refractivity contribution in [3.63, 3.8) is 0 Å². The lowest BCUT2D eigenvalue weighted by atomic mass is 10.3. The van der Waals surface area contributed by atoms with Crippen molar-refractivity contribution in [1.29, 1.82) is 0 Å². The number of carbonyl (C=O) groups excluding carboxylic acids is 1. The Hall–Kier alpha value is -2.57. The highest BCUT2D eigenvalue weighted by Gasteiger charge is 2.29. The van der Waals surface area contributed by atoms with E-state index in [-0.39, 0.29) is 18.4 Å². The van der Waals surface area contributed by atoms with Gasteiger partial charge >= 0.3 is 0 Å². The quantitative estimate of drug-likeness (QED) is 0.826. The Morgan fingerprint density at radius 1 is 1.28 bits per heavy atom. The van der Waals surface area contributed by atoms with Gasteiger partial charge in [0.05, 0.1) is 18.7 Å². The van der Waals surface area contributed by atoms with Crippen molar-refractivity contribution in [2.24, 2.45) is 0 Å². The summed E-state index contributed by atoms with van der Waals surface area (Å²) in [5.74, 6) is 1.80. The molecule has 0 aliphatic carbocycles. The minimum atomic E-state index is 0.00631. The molecule has 25 heavy (non-hydrogen) atoms. The second-order valence-corrected chi connectivity index (χ2v) is 6.56. The Morgan fingerprint density at radius 3 is 2.96 bits per heavy atom. The largest absolute Gasteiger partial charge is 0.485 e. The zero-order chi connectivity index (χ0) is 17.1. The van der Waals surface area contributed by atoms with E-state index in [4.69, 9.17) is 9.26 Å². The second-order valence-electron chi connectivity index (χ2n) is 6.56. The monoisotopic (exact) mass is 342 g/mol. The van der Waals surface area contributed by atoms with Crippen molar-refractivity contribution < 1.29 is 14.1 Å². The molecule has 7 heteroatoms. The Kier molecular flexibility index (Phi) is 4.54. The highest BCUT2D eigenvalue weighted by atomic mass is 16.5. The maximum absolute atomic E-state index is 12.4. The molecule has 0 aromatic carbocycles. The molecule has 2 aliphatic heterocycles. The summed E-state index contributed by atoms with van der Waals surface area (Å²) >= 11 is 0. The molecule has 2 saturated heterocycles. The summed E-state index contributed by atoms with van der Waals surface area (Å²) in [6.45, 7) is 3.37. The molecule has 0 saturated carbocycles. The van der Waals surface area contributed by atoms with E-state index in [2.05, 4.69) is 15.0 Å². The summed E-state index contributed by atoms with van der Waals surface area (Å²) in [6, 6.07) is 5.60. The molecule has 4 heterocycles. The van der Waals surface area contributed by atoms with E-state index >= 15 is 0 Å².